The fourth-order valence-corrected chi connectivity index (χ4v) is 1.96. The first-order valence-electron chi connectivity index (χ1n) is 5.82. The first-order valence-corrected chi connectivity index (χ1v) is 5.82. The van der Waals surface area contributed by atoms with Crippen LogP contribution in [0.5, 0.6) is 0 Å². The summed E-state index contributed by atoms with van der Waals surface area (Å²) >= 11 is 0. The highest BCUT2D eigenvalue weighted by atomic mass is 16.5. The molecule has 90 valence electrons. The van der Waals surface area contributed by atoms with Gasteiger partial charge in [-0.15, -0.1) is 0 Å². The quantitative estimate of drug-likeness (QED) is 0.728. The van der Waals surface area contributed by atoms with Crippen molar-refractivity contribution in [3.8, 4) is 6.07 Å². The summed E-state index contributed by atoms with van der Waals surface area (Å²) in [6, 6.07) is 2.33. The maximum absolute atomic E-state index is 12.1. The van der Waals surface area contributed by atoms with Crippen LogP contribution >= 0.6 is 0 Å². The zero-order valence-corrected chi connectivity index (χ0v) is 10.3. The van der Waals surface area contributed by atoms with E-state index in [1.807, 2.05) is 13.8 Å². The Kier molecular flexibility index (Phi) is 4.75. The molecule has 1 aliphatic rings. The second kappa shape index (κ2) is 5.86. The molecule has 0 spiro atoms. The number of ether oxygens (including phenoxy) is 1. The van der Waals surface area contributed by atoms with Crippen molar-refractivity contribution in [1.29, 1.82) is 5.26 Å². The average molecular weight is 224 g/mol. The van der Waals surface area contributed by atoms with Crippen LogP contribution in [0, 0.1) is 23.2 Å². The lowest BCUT2D eigenvalue weighted by Crippen LogP contribution is -2.44. The van der Waals surface area contributed by atoms with Crippen LogP contribution in [0.4, 0.5) is 0 Å². The van der Waals surface area contributed by atoms with Gasteiger partial charge in [0.05, 0.1) is 6.07 Å². The fraction of sp³-hybridized carbons (Fsp3) is 0.833. The summed E-state index contributed by atoms with van der Waals surface area (Å²) < 4.78 is 5.26. The van der Waals surface area contributed by atoms with E-state index in [4.69, 9.17) is 10.00 Å². The number of amides is 1. The van der Waals surface area contributed by atoms with E-state index in [9.17, 15) is 4.79 Å². The lowest BCUT2D eigenvalue weighted by Gasteiger charge is -2.33. The number of carbonyl (C=O) groups excluding carboxylic acids is 1. The Balaban J connectivity index is 2.61. The predicted molar refractivity (Wildman–Crippen MR) is 60.6 cm³/mol. The van der Waals surface area contributed by atoms with Gasteiger partial charge in [0.25, 0.3) is 0 Å². The third-order valence-corrected chi connectivity index (χ3v) is 3.16. The molecule has 0 aromatic rings. The summed E-state index contributed by atoms with van der Waals surface area (Å²) in [7, 11) is 1.80. The van der Waals surface area contributed by atoms with Crippen LogP contribution in [0.15, 0.2) is 0 Å². The minimum Gasteiger partial charge on any atom is -0.381 e. The molecule has 1 amide bonds. The number of hydrogen-bond acceptors (Lipinski definition) is 3. The summed E-state index contributed by atoms with van der Waals surface area (Å²) in [6.07, 6.45) is 1.75. The van der Waals surface area contributed by atoms with Gasteiger partial charge in [-0.1, -0.05) is 13.8 Å². The number of nitrogens with zero attached hydrogens (tertiary/aromatic N) is 2. The Bertz CT molecular complexity index is 277. The maximum Gasteiger partial charge on any atom is 0.240 e. The normalized spacial score (nSPS) is 19.2. The highest BCUT2D eigenvalue weighted by Gasteiger charge is 2.29. The van der Waals surface area contributed by atoms with Gasteiger partial charge in [-0.3, -0.25) is 4.79 Å². The zero-order chi connectivity index (χ0) is 12.1. The van der Waals surface area contributed by atoms with Crippen LogP contribution in [0.25, 0.3) is 0 Å². The molecular weight excluding hydrogens is 204 g/mol. The Labute approximate surface area is 97.2 Å². The molecule has 1 atom stereocenters. The number of nitriles is 1. The molecule has 16 heavy (non-hydrogen) atoms. The van der Waals surface area contributed by atoms with Crippen molar-refractivity contribution in [2.45, 2.75) is 32.7 Å². The van der Waals surface area contributed by atoms with Crippen molar-refractivity contribution < 1.29 is 9.53 Å². The van der Waals surface area contributed by atoms with Crippen molar-refractivity contribution >= 4 is 5.91 Å². The van der Waals surface area contributed by atoms with E-state index in [1.165, 1.54) is 0 Å². The Morgan fingerprint density at radius 1 is 1.44 bits per heavy atom. The molecule has 0 N–H and O–H groups in total. The van der Waals surface area contributed by atoms with Crippen molar-refractivity contribution in [3.05, 3.63) is 0 Å². The standard InChI is InChI=1S/C12H20N2O2/c1-9(2)11(8-13)12(15)14(3)10-4-6-16-7-5-10/h9-11H,4-7H2,1-3H3. The van der Waals surface area contributed by atoms with Crippen molar-refractivity contribution in [3.63, 3.8) is 0 Å². The summed E-state index contributed by atoms with van der Waals surface area (Å²) in [4.78, 5) is 13.8. The van der Waals surface area contributed by atoms with Gasteiger partial charge >= 0.3 is 0 Å². The molecular formula is C12H20N2O2. The lowest BCUT2D eigenvalue weighted by atomic mass is 9.95. The highest BCUT2D eigenvalue weighted by Crippen LogP contribution is 2.18. The molecule has 1 unspecified atom stereocenters. The van der Waals surface area contributed by atoms with Gasteiger partial charge in [0, 0.05) is 26.3 Å². The second-order valence-electron chi connectivity index (χ2n) is 4.64. The fourth-order valence-electron chi connectivity index (χ4n) is 1.96. The molecule has 1 fully saturated rings. The van der Waals surface area contributed by atoms with Gasteiger partial charge < -0.3 is 9.64 Å². The van der Waals surface area contributed by atoms with E-state index in [2.05, 4.69) is 6.07 Å². The predicted octanol–water partition coefficient (Wildman–Crippen LogP) is 1.42. The van der Waals surface area contributed by atoms with Gasteiger partial charge in [0.2, 0.25) is 5.91 Å². The maximum atomic E-state index is 12.1. The van der Waals surface area contributed by atoms with Gasteiger partial charge in [-0.2, -0.15) is 5.26 Å². The molecule has 1 saturated heterocycles. The molecule has 1 rings (SSSR count). The molecule has 1 heterocycles. The van der Waals surface area contributed by atoms with Gasteiger partial charge in [-0.05, 0) is 18.8 Å². The minimum atomic E-state index is -0.521. The van der Waals surface area contributed by atoms with Crippen LogP contribution in [0.3, 0.4) is 0 Å². The van der Waals surface area contributed by atoms with Crippen LogP contribution < -0.4 is 0 Å². The number of hydrogen-bond donors (Lipinski definition) is 0. The van der Waals surface area contributed by atoms with Crippen molar-refractivity contribution in [2.75, 3.05) is 20.3 Å². The third kappa shape index (κ3) is 2.96. The minimum absolute atomic E-state index is 0.0515. The molecule has 4 heteroatoms. The molecule has 0 saturated carbocycles. The molecule has 0 aliphatic carbocycles. The van der Waals surface area contributed by atoms with E-state index in [-0.39, 0.29) is 17.9 Å². The summed E-state index contributed by atoms with van der Waals surface area (Å²) in [6.45, 7) is 5.23. The zero-order valence-electron chi connectivity index (χ0n) is 10.3. The van der Waals surface area contributed by atoms with Gasteiger partial charge in [-0.25, -0.2) is 0 Å². The molecule has 0 radical (unpaired) electrons. The molecule has 0 bridgehead atoms. The summed E-state index contributed by atoms with van der Waals surface area (Å²) in [5.41, 5.74) is 0. The molecule has 0 aromatic heterocycles. The van der Waals surface area contributed by atoms with Crippen molar-refractivity contribution in [1.82, 2.24) is 4.90 Å². The Hall–Kier alpha value is -1.08. The van der Waals surface area contributed by atoms with Crippen LogP contribution in [-0.4, -0.2) is 37.1 Å². The van der Waals surface area contributed by atoms with E-state index < -0.39 is 5.92 Å². The molecule has 4 nitrogen and oxygen atoms in total. The highest BCUT2D eigenvalue weighted by molar-refractivity contribution is 5.81. The topological polar surface area (TPSA) is 53.3 Å². The second-order valence-corrected chi connectivity index (χ2v) is 4.64. The number of rotatable bonds is 3. The van der Waals surface area contributed by atoms with Crippen molar-refractivity contribution in [2.24, 2.45) is 11.8 Å². The van der Waals surface area contributed by atoms with E-state index >= 15 is 0 Å². The Morgan fingerprint density at radius 2 is 2.00 bits per heavy atom. The average Bonchev–Trinajstić information content (AvgIpc) is 2.29. The monoisotopic (exact) mass is 224 g/mol. The third-order valence-electron chi connectivity index (χ3n) is 3.16. The molecule has 0 aromatic carbocycles. The van der Waals surface area contributed by atoms with Gasteiger partial charge in [0.1, 0.15) is 5.92 Å². The van der Waals surface area contributed by atoms with E-state index in [0.29, 0.717) is 13.2 Å². The van der Waals surface area contributed by atoms with Crippen LogP contribution in [-0.2, 0) is 9.53 Å². The first-order chi connectivity index (χ1) is 7.57. The largest absolute Gasteiger partial charge is 0.381 e. The summed E-state index contributed by atoms with van der Waals surface area (Å²) in [5.74, 6) is -0.503. The lowest BCUT2D eigenvalue weighted by molar-refractivity contribution is -0.137. The van der Waals surface area contributed by atoms with Crippen LogP contribution in [0.1, 0.15) is 26.7 Å². The summed E-state index contributed by atoms with van der Waals surface area (Å²) in [5, 5.41) is 8.99. The SMILES string of the molecule is CC(C)C(C#N)C(=O)N(C)C1CCOCC1. The molecule has 1 aliphatic heterocycles. The van der Waals surface area contributed by atoms with E-state index in [1.54, 1.807) is 11.9 Å². The van der Waals surface area contributed by atoms with Gasteiger partial charge in [0.15, 0.2) is 0 Å². The van der Waals surface area contributed by atoms with Crippen LogP contribution in [0.2, 0.25) is 0 Å². The first kappa shape index (κ1) is 13.0. The smallest absolute Gasteiger partial charge is 0.240 e. The Morgan fingerprint density at radius 3 is 2.44 bits per heavy atom. The van der Waals surface area contributed by atoms with E-state index in [0.717, 1.165) is 12.8 Å². The number of carbonyl (C=O) groups is 1.